The van der Waals surface area contributed by atoms with Crippen molar-refractivity contribution in [1.82, 2.24) is 29.5 Å². The van der Waals surface area contributed by atoms with E-state index in [9.17, 15) is 10.1 Å². The average molecular weight is 751 g/mol. The Morgan fingerprint density at radius 2 is 1.94 bits per heavy atom. The van der Waals surface area contributed by atoms with E-state index in [2.05, 4.69) is 44.0 Å². The summed E-state index contributed by atoms with van der Waals surface area (Å²) in [5, 5.41) is 20.6. The smallest absolute Gasteiger partial charge is 0.226 e. The molecule has 3 saturated carbocycles. The van der Waals surface area contributed by atoms with Crippen molar-refractivity contribution in [3.8, 4) is 17.2 Å². The van der Waals surface area contributed by atoms with Crippen LogP contribution >= 0.6 is 23.2 Å². The molecule has 3 aliphatic heterocycles. The Hall–Kier alpha value is -3.97. The summed E-state index contributed by atoms with van der Waals surface area (Å²) in [6.45, 7) is 3.51. The number of nitriles is 1. The highest BCUT2D eigenvalue weighted by molar-refractivity contribution is 6.43. The standard InChI is InChI=1S/C42H42Cl2FN7O/c1-22-30-17-35(34-16-28(21-50(34)42(53)24-11-12-24)51-20-27(19-48-51)23-6-2-3-7-23)52(40-26-15-33(40)47-18-26)41(30)31-14-25(8-5-13-46)36(38(45)39(31)49-22)29-9-4-10-32(43)37(29)44/h4,9-10,14,17,19-20,23-24,26,28,33-34,40,47H,2-3,5-8,11-12,15-16,18,21H2,1H3. The third-order valence-corrected chi connectivity index (χ3v) is 13.9. The number of likely N-dealkylation sites (tertiary alicyclic amines) is 1. The molecule has 0 spiro atoms. The molecule has 272 valence electrons. The zero-order valence-electron chi connectivity index (χ0n) is 29.8. The number of amides is 1. The van der Waals surface area contributed by atoms with E-state index in [1.165, 1.54) is 31.2 Å². The first-order chi connectivity index (χ1) is 25.8. The maximum Gasteiger partial charge on any atom is 0.226 e. The highest BCUT2D eigenvalue weighted by atomic mass is 35.5. The van der Waals surface area contributed by atoms with Gasteiger partial charge in [0, 0.05) is 71.0 Å². The van der Waals surface area contributed by atoms with E-state index in [1.54, 1.807) is 18.2 Å². The number of aryl methyl sites for hydroxylation is 2. The molecule has 6 heterocycles. The molecule has 3 aliphatic carbocycles. The molecule has 5 atom stereocenters. The lowest BCUT2D eigenvalue weighted by molar-refractivity contribution is -0.133. The first-order valence-electron chi connectivity index (χ1n) is 19.4. The number of nitrogens with zero attached hydrogens (tertiary/aromatic N) is 6. The Morgan fingerprint density at radius 1 is 1.11 bits per heavy atom. The van der Waals surface area contributed by atoms with Crippen LogP contribution in [0.1, 0.15) is 104 Å². The van der Waals surface area contributed by atoms with Crippen molar-refractivity contribution in [2.24, 2.45) is 11.8 Å². The molecule has 0 radical (unpaired) electrons. The van der Waals surface area contributed by atoms with Crippen LogP contribution in [0.15, 0.2) is 42.7 Å². The van der Waals surface area contributed by atoms with E-state index in [4.69, 9.17) is 33.3 Å². The summed E-state index contributed by atoms with van der Waals surface area (Å²) in [7, 11) is 0. The average Bonchev–Trinajstić information content (AvgIpc) is 3.83. The van der Waals surface area contributed by atoms with Crippen molar-refractivity contribution in [3.63, 3.8) is 0 Å². The van der Waals surface area contributed by atoms with Gasteiger partial charge in [-0.15, -0.1) is 0 Å². The van der Waals surface area contributed by atoms with Gasteiger partial charge in [0.15, 0.2) is 5.82 Å². The molecule has 3 saturated heterocycles. The summed E-state index contributed by atoms with van der Waals surface area (Å²) >= 11 is 13.2. The lowest BCUT2D eigenvalue weighted by atomic mass is 9.79. The van der Waals surface area contributed by atoms with E-state index in [1.807, 2.05) is 13.0 Å². The predicted octanol–water partition coefficient (Wildman–Crippen LogP) is 9.38. The fraction of sp³-hybridized carbons (Fsp3) is 0.476. The Bertz CT molecular complexity index is 2340. The molecule has 11 rings (SSSR count). The van der Waals surface area contributed by atoms with Crippen molar-refractivity contribution in [3.05, 3.63) is 81.1 Å². The second-order valence-corrected chi connectivity index (χ2v) is 17.0. The molecular formula is C42H42Cl2FN7O. The van der Waals surface area contributed by atoms with Gasteiger partial charge in [-0.25, -0.2) is 9.37 Å². The summed E-state index contributed by atoms with van der Waals surface area (Å²) in [5.74, 6) is 0.874. The molecule has 3 aromatic heterocycles. The van der Waals surface area contributed by atoms with Crippen LogP contribution in [0.25, 0.3) is 32.9 Å². The number of hydrogen-bond donors (Lipinski definition) is 1. The molecule has 1 N–H and O–H groups in total. The quantitative estimate of drug-likeness (QED) is 0.171. The number of aromatic nitrogens is 4. The van der Waals surface area contributed by atoms with Gasteiger partial charge in [-0.3, -0.25) is 9.48 Å². The molecule has 53 heavy (non-hydrogen) atoms. The third kappa shape index (κ3) is 5.34. The number of nitrogens with one attached hydrogen (secondary N) is 1. The lowest BCUT2D eigenvalue weighted by Crippen LogP contribution is -2.41. The Balaban J connectivity index is 1.17. The molecule has 11 heteroatoms. The van der Waals surface area contributed by atoms with Gasteiger partial charge in [0.25, 0.3) is 0 Å². The molecule has 8 nitrogen and oxygen atoms in total. The van der Waals surface area contributed by atoms with Crippen LogP contribution in [0.4, 0.5) is 4.39 Å². The third-order valence-electron chi connectivity index (χ3n) is 13.1. The zero-order valence-corrected chi connectivity index (χ0v) is 31.3. The normalized spacial score (nSPS) is 25.5. The zero-order chi connectivity index (χ0) is 36.1. The van der Waals surface area contributed by atoms with Crippen molar-refractivity contribution in [1.29, 1.82) is 5.26 Å². The highest BCUT2D eigenvalue weighted by Crippen LogP contribution is 2.52. The number of pyridine rings is 1. The SMILES string of the molecule is Cc1nc2c(F)c(-c3cccc(Cl)c3Cl)c(CCC#N)cc2c2c1cc(C1CC(n3cc(C4CCCC4)cn3)CN1C(=O)C1CC1)n2C1C2CNC1C2. The second kappa shape index (κ2) is 12.8. The number of hydrogen-bond acceptors (Lipinski definition) is 5. The van der Waals surface area contributed by atoms with Crippen LogP contribution in [-0.4, -0.2) is 49.3 Å². The van der Waals surface area contributed by atoms with E-state index >= 15 is 4.39 Å². The summed E-state index contributed by atoms with van der Waals surface area (Å²) in [6.07, 6.45) is 13.6. The van der Waals surface area contributed by atoms with Gasteiger partial charge in [-0.05, 0) is 93.0 Å². The molecule has 1 amide bonds. The molecular weight excluding hydrogens is 708 g/mol. The minimum Gasteiger partial charge on any atom is -0.337 e. The summed E-state index contributed by atoms with van der Waals surface area (Å²) < 4.78 is 21.8. The van der Waals surface area contributed by atoms with Gasteiger partial charge in [0.05, 0.1) is 46.0 Å². The summed E-state index contributed by atoms with van der Waals surface area (Å²) in [6, 6.07) is 12.2. The van der Waals surface area contributed by atoms with Crippen LogP contribution in [-0.2, 0) is 11.2 Å². The van der Waals surface area contributed by atoms with Gasteiger partial charge in [-0.2, -0.15) is 10.4 Å². The van der Waals surface area contributed by atoms with E-state index in [0.29, 0.717) is 52.6 Å². The van der Waals surface area contributed by atoms with Crippen LogP contribution in [0.5, 0.6) is 0 Å². The Morgan fingerprint density at radius 3 is 2.68 bits per heavy atom. The van der Waals surface area contributed by atoms with Gasteiger partial charge in [-0.1, -0.05) is 48.2 Å². The van der Waals surface area contributed by atoms with Gasteiger partial charge >= 0.3 is 0 Å². The fourth-order valence-corrected chi connectivity index (χ4v) is 10.6. The minimum absolute atomic E-state index is 0.0663. The molecule has 2 bridgehead atoms. The number of benzene rings is 2. The Labute approximate surface area is 318 Å². The maximum absolute atomic E-state index is 17.2. The monoisotopic (exact) mass is 749 g/mol. The van der Waals surface area contributed by atoms with E-state index in [-0.39, 0.29) is 46.9 Å². The molecule has 5 aromatic rings. The van der Waals surface area contributed by atoms with Crippen molar-refractivity contribution in [2.75, 3.05) is 13.1 Å². The number of carbonyl (C=O) groups excluding carboxylic acids is 1. The van der Waals surface area contributed by atoms with Gasteiger partial charge in [0.1, 0.15) is 5.52 Å². The van der Waals surface area contributed by atoms with Crippen LogP contribution in [0.2, 0.25) is 10.0 Å². The second-order valence-electron chi connectivity index (χ2n) is 16.2. The first kappa shape index (κ1) is 33.6. The minimum atomic E-state index is -0.461. The largest absolute Gasteiger partial charge is 0.337 e. The van der Waals surface area contributed by atoms with Crippen LogP contribution in [0, 0.1) is 35.9 Å². The predicted molar refractivity (Wildman–Crippen MR) is 205 cm³/mol. The van der Waals surface area contributed by atoms with Crippen LogP contribution in [0.3, 0.4) is 0 Å². The maximum atomic E-state index is 17.2. The highest BCUT2D eigenvalue weighted by Gasteiger charge is 2.51. The Kier molecular flexibility index (Phi) is 8.12. The van der Waals surface area contributed by atoms with Crippen molar-refractivity contribution < 1.29 is 9.18 Å². The topological polar surface area (TPSA) is 91.8 Å². The number of carbonyl (C=O) groups is 1. The lowest BCUT2D eigenvalue weighted by Gasteiger charge is -2.39. The molecule has 6 aliphatic rings. The van der Waals surface area contributed by atoms with Crippen molar-refractivity contribution in [2.45, 2.75) is 101 Å². The number of halogens is 3. The first-order valence-corrected chi connectivity index (χ1v) is 20.1. The van der Waals surface area contributed by atoms with Gasteiger partial charge in [0.2, 0.25) is 5.91 Å². The number of fused-ring (bicyclic) bond motifs is 4. The van der Waals surface area contributed by atoms with E-state index < -0.39 is 5.82 Å². The molecule has 5 unspecified atom stereocenters. The molecule has 2 aromatic carbocycles. The van der Waals surface area contributed by atoms with Crippen molar-refractivity contribution >= 4 is 50.9 Å². The van der Waals surface area contributed by atoms with E-state index in [0.717, 1.165) is 59.9 Å². The fourth-order valence-electron chi connectivity index (χ4n) is 10.2. The van der Waals surface area contributed by atoms with Crippen LogP contribution < -0.4 is 5.32 Å². The summed E-state index contributed by atoms with van der Waals surface area (Å²) in [4.78, 5) is 21.3. The van der Waals surface area contributed by atoms with Gasteiger partial charge < -0.3 is 14.8 Å². The number of rotatable bonds is 8. The molecule has 6 fully saturated rings. The summed E-state index contributed by atoms with van der Waals surface area (Å²) in [5.41, 5.74) is 5.91.